The standard InChI is InChI=1S/C13H14N2O2/c1-9-5-11-6-12(17-8-13(16)14-2)4-3-10(11)7-15-9/h3-7H,8H2,1-2H3,(H,14,16). The van der Waals surface area contributed by atoms with Crippen molar-refractivity contribution in [3.8, 4) is 5.75 Å². The van der Waals surface area contributed by atoms with Crippen LogP contribution in [0.15, 0.2) is 30.5 Å². The number of aryl methyl sites for hydroxylation is 1. The predicted octanol–water partition coefficient (Wildman–Crippen LogP) is 1.67. The minimum atomic E-state index is -0.143. The zero-order valence-corrected chi connectivity index (χ0v) is 9.86. The SMILES string of the molecule is CNC(=O)COc1ccc2cnc(C)cc2c1. The van der Waals surface area contributed by atoms with Gasteiger partial charge in [0.05, 0.1) is 0 Å². The number of amides is 1. The Bertz CT molecular complexity index is 552. The fraction of sp³-hybridized carbons (Fsp3) is 0.231. The quantitative estimate of drug-likeness (QED) is 0.872. The molecule has 0 unspecified atom stereocenters. The Morgan fingerprint density at radius 1 is 1.35 bits per heavy atom. The first kappa shape index (κ1) is 11.4. The zero-order chi connectivity index (χ0) is 12.3. The second-order valence-corrected chi connectivity index (χ2v) is 3.80. The summed E-state index contributed by atoms with van der Waals surface area (Å²) >= 11 is 0. The highest BCUT2D eigenvalue weighted by Crippen LogP contribution is 2.20. The topological polar surface area (TPSA) is 51.2 Å². The smallest absolute Gasteiger partial charge is 0.257 e. The highest BCUT2D eigenvalue weighted by molar-refractivity contribution is 5.83. The van der Waals surface area contributed by atoms with Crippen LogP contribution in [-0.2, 0) is 4.79 Å². The Labute approximate surface area is 99.6 Å². The average Bonchev–Trinajstić information content (AvgIpc) is 2.35. The van der Waals surface area contributed by atoms with E-state index in [1.807, 2.05) is 37.4 Å². The van der Waals surface area contributed by atoms with Gasteiger partial charge in [-0.15, -0.1) is 0 Å². The second kappa shape index (κ2) is 4.82. The normalized spacial score (nSPS) is 10.2. The third-order valence-corrected chi connectivity index (χ3v) is 2.48. The fourth-order valence-corrected chi connectivity index (χ4v) is 1.54. The molecule has 0 fully saturated rings. The summed E-state index contributed by atoms with van der Waals surface area (Å²) in [4.78, 5) is 15.3. The first-order chi connectivity index (χ1) is 8.19. The van der Waals surface area contributed by atoms with Gasteiger partial charge in [0.1, 0.15) is 5.75 Å². The number of pyridine rings is 1. The number of fused-ring (bicyclic) bond motifs is 1. The molecule has 0 radical (unpaired) electrons. The molecule has 1 aromatic carbocycles. The summed E-state index contributed by atoms with van der Waals surface area (Å²) in [6, 6.07) is 7.66. The van der Waals surface area contributed by atoms with E-state index in [1.165, 1.54) is 0 Å². The van der Waals surface area contributed by atoms with Crippen molar-refractivity contribution in [3.05, 3.63) is 36.2 Å². The average molecular weight is 230 g/mol. The summed E-state index contributed by atoms with van der Waals surface area (Å²) in [5.41, 5.74) is 0.959. The van der Waals surface area contributed by atoms with Gasteiger partial charge in [0.15, 0.2) is 6.61 Å². The number of aromatic nitrogens is 1. The van der Waals surface area contributed by atoms with E-state index in [0.29, 0.717) is 5.75 Å². The molecule has 17 heavy (non-hydrogen) atoms. The van der Waals surface area contributed by atoms with Crippen LogP contribution in [0, 0.1) is 6.92 Å². The monoisotopic (exact) mass is 230 g/mol. The van der Waals surface area contributed by atoms with Crippen LogP contribution in [0.2, 0.25) is 0 Å². The van der Waals surface area contributed by atoms with Crippen molar-refractivity contribution in [2.24, 2.45) is 0 Å². The van der Waals surface area contributed by atoms with E-state index in [2.05, 4.69) is 10.3 Å². The number of rotatable bonds is 3. The number of likely N-dealkylation sites (N-methyl/N-ethyl adjacent to an activating group) is 1. The molecule has 0 saturated carbocycles. The fourth-order valence-electron chi connectivity index (χ4n) is 1.54. The van der Waals surface area contributed by atoms with Gasteiger partial charge in [0.2, 0.25) is 0 Å². The van der Waals surface area contributed by atoms with E-state index in [9.17, 15) is 4.79 Å². The van der Waals surface area contributed by atoms with Gasteiger partial charge in [0, 0.05) is 24.3 Å². The third-order valence-electron chi connectivity index (χ3n) is 2.48. The van der Waals surface area contributed by atoms with Crippen molar-refractivity contribution in [3.63, 3.8) is 0 Å². The summed E-state index contributed by atoms with van der Waals surface area (Å²) in [5, 5.41) is 4.63. The van der Waals surface area contributed by atoms with E-state index in [1.54, 1.807) is 7.05 Å². The minimum absolute atomic E-state index is 0.0338. The van der Waals surface area contributed by atoms with Gasteiger partial charge in [-0.3, -0.25) is 9.78 Å². The maximum absolute atomic E-state index is 11.1. The Morgan fingerprint density at radius 3 is 2.94 bits per heavy atom. The molecule has 0 aliphatic carbocycles. The Balaban J connectivity index is 2.22. The lowest BCUT2D eigenvalue weighted by atomic mass is 10.1. The highest BCUT2D eigenvalue weighted by Gasteiger charge is 2.01. The van der Waals surface area contributed by atoms with Crippen LogP contribution in [0.5, 0.6) is 5.75 Å². The molecule has 1 amide bonds. The van der Waals surface area contributed by atoms with E-state index in [-0.39, 0.29) is 12.5 Å². The van der Waals surface area contributed by atoms with Crippen molar-refractivity contribution in [1.29, 1.82) is 0 Å². The van der Waals surface area contributed by atoms with Crippen LogP contribution >= 0.6 is 0 Å². The first-order valence-electron chi connectivity index (χ1n) is 5.39. The van der Waals surface area contributed by atoms with Crippen molar-refractivity contribution in [2.75, 3.05) is 13.7 Å². The highest BCUT2D eigenvalue weighted by atomic mass is 16.5. The predicted molar refractivity (Wildman–Crippen MR) is 66.0 cm³/mol. The molecule has 0 spiro atoms. The third kappa shape index (κ3) is 2.72. The van der Waals surface area contributed by atoms with Gasteiger partial charge < -0.3 is 10.1 Å². The summed E-state index contributed by atoms with van der Waals surface area (Å²) in [7, 11) is 1.58. The lowest BCUT2D eigenvalue weighted by Gasteiger charge is -2.06. The number of hydrogen-bond donors (Lipinski definition) is 1. The van der Waals surface area contributed by atoms with Gasteiger partial charge >= 0.3 is 0 Å². The molecule has 0 aliphatic heterocycles. The van der Waals surface area contributed by atoms with Crippen molar-refractivity contribution in [2.45, 2.75) is 6.92 Å². The number of ether oxygens (including phenoxy) is 1. The number of nitrogens with one attached hydrogen (secondary N) is 1. The summed E-state index contributed by atoms with van der Waals surface area (Å²) < 4.78 is 5.37. The zero-order valence-electron chi connectivity index (χ0n) is 9.86. The molecule has 88 valence electrons. The number of carbonyl (C=O) groups excluding carboxylic acids is 1. The van der Waals surface area contributed by atoms with Gasteiger partial charge in [-0.05, 0) is 36.6 Å². The molecule has 4 heteroatoms. The molecule has 4 nitrogen and oxygen atoms in total. The van der Waals surface area contributed by atoms with E-state index >= 15 is 0 Å². The van der Waals surface area contributed by atoms with Crippen LogP contribution in [0.4, 0.5) is 0 Å². The maximum atomic E-state index is 11.1. The van der Waals surface area contributed by atoms with Gasteiger partial charge in [-0.1, -0.05) is 0 Å². The first-order valence-corrected chi connectivity index (χ1v) is 5.39. The minimum Gasteiger partial charge on any atom is -0.484 e. The Kier molecular flexibility index (Phi) is 3.23. The van der Waals surface area contributed by atoms with Crippen LogP contribution < -0.4 is 10.1 Å². The molecule has 2 aromatic rings. The molecule has 1 heterocycles. The number of hydrogen-bond acceptors (Lipinski definition) is 3. The Morgan fingerprint density at radius 2 is 2.18 bits per heavy atom. The molecule has 0 atom stereocenters. The van der Waals surface area contributed by atoms with Crippen LogP contribution in [0.25, 0.3) is 10.8 Å². The van der Waals surface area contributed by atoms with Gasteiger partial charge in [0.25, 0.3) is 5.91 Å². The van der Waals surface area contributed by atoms with E-state index in [4.69, 9.17) is 4.74 Å². The largest absolute Gasteiger partial charge is 0.484 e. The van der Waals surface area contributed by atoms with Crippen LogP contribution in [-0.4, -0.2) is 24.5 Å². The molecular formula is C13H14N2O2. The number of carbonyl (C=O) groups is 1. The molecule has 1 aromatic heterocycles. The van der Waals surface area contributed by atoms with Crippen LogP contribution in [0.3, 0.4) is 0 Å². The van der Waals surface area contributed by atoms with E-state index < -0.39 is 0 Å². The summed E-state index contributed by atoms with van der Waals surface area (Å²) in [6.45, 7) is 1.98. The van der Waals surface area contributed by atoms with Crippen molar-refractivity contribution < 1.29 is 9.53 Å². The van der Waals surface area contributed by atoms with E-state index in [0.717, 1.165) is 16.5 Å². The van der Waals surface area contributed by atoms with Gasteiger partial charge in [-0.2, -0.15) is 0 Å². The Hall–Kier alpha value is -2.10. The van der Waals surface area contributed by atoms with Crippen molar-refractivity contribution >= 4 is 16.7 Å². The maximum Gasteiger partial charge on any atom is 0.257 e. The molecular weight excluding hydrogens is 216 g/mol. The molecule has 0 saturated heterocycles. The molecule has 2 rings (SSSR count). The lowest BCUT2D eigenvalue weighted by molar-refractivity contribution is -0.122. The molecule has 1 N–H and O–H groups in total. The second-order valence-electron chi connectivity index (χ2n) is 3.80. The number of benzene rings is 1. The molecule has 0 bridgehead atoms. The molecule has 0 aliphatic rings. The summed E-state index contributed by atoms with van der Waals surface area (Å²) in [6.07, 6.45) is 1.83. The van der Waals surface area contributed by atoms with Gasteiger partial charge in [-0.25, -0.2) is 0 Å². The summed E-state index contributed by atoms with van der Waals surface area (Å²) in [5.74, 6) is 0.544. The van der Waals surface area contributed by atoms with Crippen molar-refractivity contribution in [1.82, 2.24) is 10.3 Å². The number of nitrogens with zero attached hydrogens (tertiary/aromatic N) is 1. The van der Waals surface area contributed by atoms with Crippen LogP contribution in [0.1, 0.15) is 5.69 Å². The lowest BCUT2D eigenvalue weighted by Crippen LogP contribution is -2.24.